The molecule has 1 amide bonds. The zero-order valence-electron chi connectivity index (χ0n) is 17.7. The lowest BCUT2D eigenvalue weighted by Gasteiger charge is -2.27. The molecule has 2 aromatic carbocycles. The summed E-state index contributed by atoms with van der Waals surface area (Å²) in [5, 5.41) is 11.8. The molecule has 1 atom stereocenters. The summed E-state index contributed by atoms with van der Waals surface area (Å²) < 4.78 is 41.5. The molecule has 2 heterocycles. The van der Waals surface area contributed by atoms with E-state index >= 15 is 0 Å². The molecule has 1 fully saturated rings. The standard InChI is InChI=1S/C24H22F3N5O/c25-24(26,27)20-3-1-2-19(10-20)14-31(22-8-9-30-23(22)33)15-21-12-29-16-32(21)13-18-6-4-17(11-28)5-7-18/h1-7,10,12,16,22H,8-9,13-15H2,(H,30,33)/t22-/m0/s1. The Balaban J connectivity index is 1.56. The summed E-state index contributed by atoms with van der Waals surface area (Å²) in [6.45, 7) is 1.61. The molecule has 1 N–H and O–H groups in total. The molecule has 0 bridgehead atoms. The fourth-order valence-corrected chi connectivity index (χ4v) is 4.00. The molecule has 1 aromatic heterocycles. The lowest BCUT2D eigenvalue weighted by atomic mass is 10.1. The molecule has 0 aliphatic carbocycles. The van der Waals surface area contributed by atoms with E-state index in [1.807, 2.05) is 21.6 Å². The minimum Gasteiger partial charge on any atom is -0.355 e. The van der Waals surface area contributed by atoms with E-state index in [0.29, 0.717) is 37.2 Å². The van der Waals surface area contributed by atoms with E-state index in [9.17, 15) is 18.0 Å². The number of imidazole rings is 1. The highest BCUT2D eigenvalue weighted by Crippen LogP contribution is 2.30. The number of carbonyl (C=O) groups is 1. The number of benzene rings is 2. The molecule has 6 nitrogen and oxygen atoms in total. The summed E-state index contributed by atoms with van der Waals surface area (Å²) >= 11 is 0. The molecule has 0 unspecified atom stereocenters. The molecule has 4 rings (SSSR count). The van der Waals surface area contributed by atoms with E-state index in [1.54, 1.807) is 30.7 Å². The molecule has 3 aromatic rings. The van der Waals surface area contributed by atoms with Crippen LogP contribution in [0.3, 0.4) is 0 Å². The SMILES string of the molecule is N#Cc1ccc(Cn2cncc2CN(Cc2cccc(C(F)(F)F)c2)[C@H]2CCNC2=O)cc1. The summed E-state index contributed by atoms with van der Waals surface area (Å²) in [6, 6.07) is 14.1. The van der Waals surface area contributed by atoms with Crippen LogP contribution in [0.25, 0.3) is 0 Å². The van der Waals surface area contributed by atoms with E-state index in [2.05, 4.69) is 16.4 Å². The molecule has 1 aliphatic heterocycles. The highest BCUT2D eigenvalue weighted by molar-refractivity contribution is 5.83. The van der Waals surface area contributed by atoms with Gasteiger partial charge >= 0.3 is 6.18 Å². The number of rotatable bonds is 7. The van der Waals surface area contributed by atoms with E-state index < -0.39 is 17.8 Å². The van der Waals surface area contributed by atoms with Crippen molar-refractivity contribution >= 4 is 5.91 Å². The predicted molar refractivity (Wildman–Crippen MR) is 115 cm³/mol. The Morgan fingerprint density at radius 3 is 2.61 bits per heavy atom. The van der Waals surface area contributed by atoms with Gasteiger partial charge < -0.3 is 9.88 Å². The van der Waals surface area contributed by atoms with Gasteiger partial charge in [0.25, 0.3) is 0 Å². The molecule has 0 spiro atoms. The Morgan fingerprint density at radius 2 is 1.94 bits per heavy atom. The van der Waals surface area contributed by atoms with Crippen molar-refractivity contribution in [2.45, 2.75) is 38.3 Å². The van der Waals surface area contributed by atoms with Crippen LogP contribution in [-0.4, -0.2) is 32.9 Å². The van der Waals surface area contributed by atoms with Crippen LogP contribution in [-0.2, 0) is 30.6 Å². The van der Waals surface area contributed by atoms with Gasteiger partial charge in [-0.1, -0.05) is 30.3 Å². The van der Waals surface area contributed by atoms with Crippen molar-refractivity contribution in [2.75, 3.05) is 6.54 Å². The first-order chi connectivity index (χ1) is 15.8. The third-order valence-corrected chi connectivity index (χ3v) is 5.70. The van der Waals surface area contributed by atoms with E-state index in [-0.39, 0.29) is 12.5 Å². The fourth-order valence-electron chi connectivity index (χ4n) is 4.00. The normalized spacial score (nSPS) is 16.1. The lowest BCUT2D eigenvalue weighted by molar-refractivity contribution is -0.137. The van der Waals surface area contributed by atoms with Gasteiger partial charge in [0.15, 0.2) is 0 Å². The predicted octanol–water partition coefficient (Wildman–Crippen LogP) is 3.71. The first kappa shape index (κ1) is 22.6. The maximum atomic E-state index is 13.2. The Kier molecular flexibility index (Phi) is 6.47. The average molecular weight is 453 g/mol. The minimum absolute atomic E-state index is 0.125. The van der Waals surface area contributed by atoms with Gasteiger partial charge in [-0.2, -0.15) is 18.4 Å². The van der Waals surface area contributed by atoms with Gasteiger partial charge in [0.2, 0.25) is 5.91 Å². The van der Waals surface area contributed by atoms with E-state index in [1.165, 1.54) is 6.07 Å². The number of hydrogen-bond donors (Lipinski definition) is 1. The van der Waals surface area contributed by atoms with Gasteiger partial charge in [0.05, 0.1) is 35.3 Å². The van der Waals surface area contributed by atoms with Crippen LogP contribution >= 0.6 is 0 Å². The highest BCUT2D eigenvalue weighted by atomic mass is 19.4. The summed E-state index contributed by atoms with van der Waals surface area (Å²) in [6.07, 6.45) is -0.451. The zero-order valence-corrected chi connectivity index (χ0v) is 17.7. The van der Waals surface area contributed by atoms with Crippen LogP contribution in [0, 0.1) is 11.3 Å². The quantitative estimate of drug-likeness (QED) is 0.592. The molecule has 1 aliphatic rings. The van der Waals surface area contributed by atoms with Crippen LogP contribution < -0.4 is 5.32 Å². The molecule has 33 heavy (non-hydrogen) atoms. The Labute approximate surface area is 189 Å². The van der Waals surface area contributed by atoms with E-state index in [0.717, 1.165) is 23.4 Å². The van der Waals surface area contributed by atoms with Crippen LogP contribution in [0.2, 0.25) is 0 Å². The smallest absolute Gasteiger partial charge is 0.355 e. The third-order valence-electron chi connectivity index (χ3n) is 5.70. The number of amides is 1. The van der Waals surface area contributed by atoms with Crippen molar-refractivity contribution in [1.82, 2.24) is 19.8 Å². The van der Waals surface area contributed by atoms with Crippen molar-refractivity contribution in [3.8, 4) is 6.07 Å². The Hall–Kier alpha value is -3.64. The first-order valence-electron chi connectivity index (χ1n) is 10.5. The van der Waals surface area contributed by atoms with Crippen LogP contribution in [0.1, 0.15) is 34.4 Å². The number of halogens is 3. The van der Waals surface area contributed by atoms with Gasteiger partial charge in [0.1, 0.15) is 0 Å². The largest absolute Gasteiger partial charge is 0.416 e. The molecular formula is C24H22F3N5O. The second-order valence-electron chi connectivity index (χ2n) is 8.02. The second-order valence-corrected chi connectivity index (χ2v) is 8.02. The molecule has 0 radical (unpaired) electrons. The topological polar surface area (TPSA) is 74.0 Å². The number of hydrogen-bond acceptors (Lipinski definition) is 4. The number of aromatic nitrogens is 2. The summed E-state index contributed by atoms with van der Waals surface area (Å²) in [7, 11) is 0. The Morgan fingerprint density at radius 1 is 1.15 bits per heavy atom. The number of nitrogens with one attached hydrogen (secondary N) is 1. The molecule has 9 heteroatoms. The van der Waals surface area contributed by atoms with Gasteiger partial charge in [-0.3, -0.25) is 9.69 Å². The fraction of sp³-hybridized carbons (Fsp3) is 0.292. The van der Waals surface area contributed by atoms with Crippen molar-refractivity contribution < 1.29 is 18.0 Å². The van der Waals surface area contributed by atoms with Gasteiger partial charge in [-0.05, 0) is 35.7 Å². The number of carbonyl (C=O) groups excluding carboxylic acids is 1. The minimum atomic E-state index is -4.43. The van der Waals surface area contributed by atoms with Crippen LogP contribution in [0.5, 0.6) is 0 Å². The molecule has 0 saturated carbocycles. The number of nitrogens with zero attached hydrogens (tertiary/aromatic N) is 4. The summed E-state index contributed by atoms with van der Waals surface area (Å²) in [5.41, 5.74) is 2.18. The van der Waals surface area contributed by atoms with Crippen molar-refractivity contribution in [3.63, 3.8) is 0 Å². The average Bonchev–Trinajstić information content (AvgIpc) is 3.42. The van der Waals surface area contributed by atoms with Crippen LogP contribution in [0.15, 0.2) is 61.1 Å². The molecule has 1 saturated heterocycles. The monoisotopic (exact) mass is 453 g/mol. The zero-order chi connectivity index (χ0) is 23.4. The lowest BCUT2D eigenvalue weighted by Crippen LogP contribution is -2.40. The van der Waals surface area contributed by atoms with Gasteiger partial charge in [-0.15, -0.1) is 0 Å². The van der Waals surface area contributed by atoms with Crippen molar-refractivity contribution in [1.29, 1.82) is 5.26 Å². The molecular weight excluding hydrogens is 431 g/mol. The number of alkyl halides is 3. The second kappa shape index (κ2) is 9.46. The van der Waals surface area contributed by atoms with Crippen molar-refractivity contribution in [2.24, 2.45) is 0 Å². The van der Waals surface area contributed by atoms with Crippen LogP contribution in [0.4, 0.5) is 13.2 Å². The van der Waals surface area contributed by atoms with E-state index in [4.69, 9.17) is 5.26 Å². The van der Waals surface area contributed by atoms with Crippen molar-refractivity contribution in [3.05, 3.63) is 89.0 Å². The first-order valence-corrected chi connectivity index (χ1v) is 10.5. The third kappa shape index (κ3) is 5.41. The molecule has 170 valence electrons. The number of nitriles is 1. The summed E-state index contributed by atoms with van der Waals surface area (Å²) in [5.74, 6) is -0.125. The van der Waals surface area contributed by atoms with Gasteiger partial charge in [-0.25, -0.2) is 4.98 Å². The summed E-state index contributed by atoms with van der Waals surface area (Å²) in [4.78, 5) is 18.5. The van der Waals surface area contributed by atoms with Gasteiger partial charge in [0, 0.05) is 32.4 Å². The maximum Gasteiger partial charge on any atom is 0.416 e. The highest BCUT2D eigenvalue weighted by Gasteiger charge is 2.33. The maximum absolute atomic E-state index is 13.2. The Bertz CT molecular complexity index is 1160.